The van der Waals surface area contributed by atoms with Gasteiger partial charge in [0.05, 0.1) is 16.4 Å². The molecule has 0 unspecified atom stereocenters. The lowest BCUT2D eigenvalue weighted by atomic mass is 10.0. The van der Waals surface area contributed by atoms with Crippen molar-refractivity contribution in [3.05, 3.63) is 45.7 Å². The van der Waals surface area contributed by atoms with Crippen molar-refractivity contribution in [2.75, 3.05) is 23.8 Å². The maximum atomic E-state index is 6.16. The monoisotopic (exact) mass is 409 g/mol. The van der Waals surface area contributed by atoms with Crippen molar-refractivity contribution in [3.63, 3.8) is 0 Å². The highest BCUT2D eigenvalue weighted by molar-refractivity contribution is 7.15. The highest BCUT2D eigenvalue weighted by Crippen LogP contribution is 2.37. The number of nitrogens with zero attached hydrogens (tertiary/aromatic N) is 4. The molecule has 0 saturated carbocycles. The molecule has 0 saturated heterocycles. The molecule has 6 nitrogen and oxygen atoms in total. The van der Waals surface area contributed by atoms with Crippen LogP contribution in [0.4, 0.5) is 11.8 Å². The first-order valence-electron chi connectivity index (χ1n) is 9.91. The minimum atomic E-state index is 0.308. The topological polar surface area (TPSA) is 77.2 Å². The summed E-state index contributed by atoms with van der Waals surface area (Å²) < 4.78 is 6.16. The minimum absolute atomic E-state index is 0.308. The van der Waals surface area contributed by atoms with Crippen molar-refractivity contribution in [2.45, 2.75) is 47.1 Å². The van der Waals surface area contributed by atoms with E-state index >= 15 is 0 Å². The van der Waals surface area contributed by atoms with E-state index in [4.69, 9.17) is 10.5 Å². The molecule has 1 aliphatic heterocycles. The van der Waals surface area contributed by atoms with Crippen LogP contribution in [0.25, 0.3) is 10.4 Å². The van der Waals surface area contributed by atoms with Crippen LogP contribution < -0.4 is 15.4 Å². The van der Waals surface area contributed by atoms with E-state index < -0.39 is 0 Å². The van der Waals surface area contributed by atoms with Gasteiger partial charge < -0.3 is 15.4 Å². The number of nitrogen functional groups attached to an aromatic ring is 1. The van der Waals surface area contributed by atoms with Crippen molar-refractivity contribution in [2.24, 2.45) is 0 Å². The maximum Gasteiger partial charge on any atom is 0.222 e. The zero-order chi connectivity index (χ0) is 20.7. The zero-order valence-corrected chi connectivity index (χ0v) is 18.4. The Morgan fingerprint density at radius 1 is 1.17 bits per heavy atom. The second-order valence-corrected chi connectivity index (χ2v) is 9.09. The smallest absolute Gasteiger partial charge is 0.222 e. The minimum Gasteiger partial charge on any atom is -0.491 e. The van der Waals surface area contributed by atoms with E-state index in [0.29, 0.717) is 18.5 Å². The number of rotatable bonds is 3. The molecule has 1 aromatic carbocycles. The molecule has 2 aromatic heterocycles. The lowest BCUT2D eigenvalue weighted by Crippen LogP contribution is -2.28. The first-order valence-corrected chi connectivity index (χ1v) is 10.7. The molecule has 0 aliphatic carbocycles. The number of aryl methyl sites for hydroxylation is 3. The Bertz CT molecular complexity index is 1060. The summed E-state index contributed by atoms with van der Waals surface area (Å²) in [4.78, 5) is 16.9. The van der Waals surface area contributed by atoms with Gasteiger partial charge in [-0.15, -0.1) is 11.3 Å². The van der Waals surface area contributed by atoms with Crippen molar-refractivity contribution >= 4 is 23.1 Å². The molecule has 0 spiro atoms. The van der Waals surface area contributed by atoms with Gasteiger partial charge in [-0.25, -0.2) is 9.97 Å². The fourth-order valence-corrected chi connectivity index (χ4v) is 4.80. The van der Waals surface area contributed by atoms with Gasteiger partial charge in [-0.2, -0.15) is 4.98 Å². The Hall–Kier alpha value is -2.67. The highest BCUT2D eigenvalue weighted by atomic mass is 32.1. The van der Waals surface area contributed by atoms with Gasteiger partial charge in [0.15, 0.2) is 0 Å². The summed E-state index contributed by atoms with van der Waals surface area (Å²) in [5.74, 6) is 2.51. The second-order valence-electron chi connectivity index (χ2n) is 7.85. The van der Waals surface area contributed by atoms with Crippen LogP contribution >= 0.6 is 11.3 Å². The molecule has 0 bridgehead atoms. The molecule has 4 rings (SSSR count). The summed E-state index contributed by atoms with van der Waals surface area (Å²) in [6, 6.07) is 4.41. The van der Waals surface area contributed by atoms with Gasteiger partial charge in [-0.3, -0.25) is 0 Å². The van der Waals surface area contributed by atoms with Crippen LogP contribution in [0, 0.1) is 20.8 Å². The number of aromatic nitrogens is 3. The quantitative estimate of drug-likeness (QED) is 0.680. The van der Waals surface area contributed by atoms with Crippen molar-refractivity contribution in [1.29, 1.82) is 0 Å². The molecule has 0 atom stereocenters. The van der Waals surface area contributed by atoms with E-state index in [1.54, 1.807) is 11.3 Å². The Kier molecular flexibility index (Phi) is 5.17. The highest BCUT2D eigenvalue weighted by Gasteiger charge is 2.24. The van der Waals surface area contributed by atoms with Crippen LogP contribution in [0.2, 0.25) is 0 Å². The molecule has 0 amide bonds. The lowest BCUT2D eigenvalue weighted by Gasteiger charge is -2.26. The largest absolute Gasteiger partial charge is 0.491 e. The number of thiazole rings is 1. The Balaban J connectivity index is 1.78. The molecular formula is C22H27N5OS. The van der Waals surface area contributed by atoms with Crippen molar-refractivity contribution in [1.82, 2.24) is 15.0 Å². The lowest BCUT2D eigenvalue weighted by molar-refractivity contribution is 0.329. The number of hydrogen-bond donors (Lipinski definition) is 1. The van der Waals surface area contributed by atoms with Crippen molar-refractivity contribution < 1.29 is 4.74 Å². The normalized spacial score (nSPS) is 13.9. The molecule has 3 aromatic rings. The third-order valence-corrected chi connectivity index (χ3v) is 6.20. The van der Waals surface area contributed by atoms with Gasteiger partial charge in [0.2, 0.25) is 5.95 Å². The third kappa shape index (κ3) is 3.79. The molecule has 29 heavy (non-hydrogen) atoms. The first-order chi connectivity index (χ1) is 13.8. The Morgan fingerprint density at radius 2 is 1.97 bits per heavy atom. The number of hydrogen-bond acceptors (Lipinski definition) is 7. The van der Waals surface area contributed by atoms with Gasteiger partial charge in [0, 0.05) is 29.6 Å². The van der Waals surface area contributed by atoms with Crippen LogP contribution in [-0.4, -0.2) is 28.1 Å². The third-order valence-electron chi connectivity index (χ3n) is 5.24. The summed E-state index contributed by atoms with van der Waals surface area (Å²) in [5.41, 5.74) is 11.6. The van der Waals surface area contributed by atoms with Gasteiger partial charge in [-0.05, 0) is 49.9 Å². The SMILES string of the molecule is Cc1ncc(-c2cc(C)c3c(c2)CN(c2nc(N)nc(C)c2C(C)C)CCO3)s1. The van der Waals surface area contributed by atoms with E-state index in [-0.39, 0.29) is 0 Å². The molecule has 1 aliphatic rings. The van der Waals surface area contributed by atoms with Gasteiger partial charge >= 0.3 is 0 Å². The van der Waals surface area contributed by atoms with E-state index in [1.807, 2.05) is 20.0 Å². The Morgan fingerprint density at radius 3 is 2.66 bits per heavy atom. The van der Waals surface area contributed by atoms with Crippen molar-refractivity contribution in [3.8, 4) is 16.2 Å². The molecule has 0 radical (unpaired) electrons. The predicted molar refractivity (Wildman–Crippen MR) is 119 cm³/mol. The molecule has 7 heteroatoms. The maximum absolute atomic E-state index is 6.16. The molecule has 2 N–H and O–H groups in total. The summed E-state index contributed by atoms with van der Waals surface area (Å²) in [5, 5.41) is 1.07. The summed E-state index contributed by atoms with van der Waals surface area (Å²) >= 11 is 1.71. The fraction of sp³-hybridized carbons (Fsp3) is 0.409. The van der Waals surface area contributed by atoms with E-state index in [1.165, 1.54) is 10.4 Å². The summed E-state index contributed by atoms with van der Waals surface area (Å²) in [7, 11) is 0. The molecule has 152 valence electrons. The van der Waals surface area contributed by atoms with Crippen LogP contribution in [0.15, 0.2) is 18.3 Å². The van der Waals surface area contributed by atoms with Gasteiger partial charge in [-0.1, -0.05) is 13.8 Å². The average Bonchev–Trinajstić information content (AvgIpc) is 2.95. The molecular weight excluding hydrogens is 382 g/mol. The number of ether oxygens (including phenoxy) is 1. The van der Waals surface area contributed by atoms with Gasteiger partial charge in [0.25, 0.3) is 0 Å². The first kappa shape index (κ1) is 19.6. The fourth-order valence-electron chi connectivity index (χ4n) is 4.04. The number of fused-ring (bicyclic) bond motifs is 1. The van der Waals surface area contributed by atoms with Crippen LogP contribution in [0.5, 0.6) is 5.75 Å². The standard InChI is InChI=1S/C22H27N5OS/c1-12(2)19-14(4)25-22(23)26-21(19)27-6-7-28-20-13(3)8-16(9-17(20)11-27)18-10-24-15(5)29-18/h8-10,12H,6-7,11H2,1-5H3,(H2,23,25,26). The Labute approximate surface area is 175 Å². The van der Waals surface area contributed by atoms with Crippen LogP contribution in [-0.2, 0) is 6.54 Å². The predicted octanol–water partition coefficient (Wildman–Crippen LogP) is 4.63. The number of anilines is 2. The van der Waals surface area contributed by atoms with Crippen LogP contribution in [0.3, 0.4) is 0 Å². The molecule has 3 heterocycles. The van der Waals surface area contributed by atoms with E-state index in [9.17, 15) is 0 Å². The van der Waals surface area contributed by atoms with Gasteiger partial charge in [0.1, 0.15) is 18.2 Å². The zero-order valence-electron chi connectivity index (χ0n) is 17.6. The molecule has 0 fully saturated rings. The summed E-state index contributed by atoms with van der Waals surface area (Å²) in [6.07, 6.45) is 1.95. The number of benzene rings is 1. The number of nitrogens with two attached hydrogens (primary N) is 1. The van der Waals surface area contributed by atoms with E-state index in [0.717, 1.165) is 52.0 Å². The van der Waals surface area contributed by atoms with E-state index in [2.05, 4.69) is 52.8 Å². The average molecular weight is 410 g/mol. The van der Waals surface area contributed by atoms with Crippen LogP contribution in [0.1, 0.15) is 47.2 Å². The summed E-state index contributed by atoms with van der Waals surface area (Å²) in [6.45, 7) is 12.6. The second kappa shape index (κ2) is 7.63.